The maximum Gasteiger partial charge on any atom is 0.0530 e. The van der Waals surface area contributed by atoms with Crippen molar-refractivity contribution in [1.29, 1.82) is 0 Å². The van der Waals surface area contributed by atoms with Gasteiger partial charge in [-0.15, -0.1) is 0 Å². The summed E-state index contributed by atoms with van der Waals surface area (Å²) >= 11 is 4.45. The fourth-order valence-corrected chi connectivity index (χ4v) is 2.58. The van der Waals surface area contributed by atoms with E-state index in [4.69, 9.17) is 4.74 Å². The highest BCUT2D eigenvalue weighted by molar-refractivity contribution is 7.80. The largest absolute Gasteiger partial charge is 0.381 e. The first-order valence-electron chi connectivity index (χ1n) is 6.45. The predicted octanol–water partition coefficient (Wildman–Crippen LogP) is 3.93. The van der Waals surface area contributed by atoms with Gasteiger partial charge in [-0.2, -0.15) is 12.6 Å². The van der Waals surface area contributed by atoms with E-state index in [-0.39, 0.29) is 0 Å². The smallest absolute Gasteiger partial charge is 0.0530 e. The first kappa shape index (κ1) is 13.4. The van der Waals surface area contributed by atoms with Crippen LogP contribution in [0.1, 0.15) is 52.4 Å². The predicted molar refractivity (Wildman–Crippen MR) is 69.6 cm³/mol. The van der Waals surface area contributed by atoms with Gasteiger partial charge in [-0.3, -0.25) is 0 Å². The zero-order chi connectivity index (χ0) is 11.1. The first-order chi connectivity index (χ1) is 7.26. The van der Waals surface area contributed by atoms with Crippen molar-refractivity contribution in [3.63, 3.8) is 0 Å². The van der Waals surface area contributed by atoms with Crippen LogP contribution in [0.2, 0.25) is 0 Å². The molecule has 0 aliphatic heterocycles. The second kappa shape index (κ2) is 6.80. The van der Waals surface area contributed by atoms with Gasteiger partial charge in [0.15, 0.2) is 0 Å². The molecular formula is C13H26OS. The Morgan fingerprint density at radius 1 is 1.27 bits per heavy atom. The lowest BCUT2D eigenvalue weighted by Crippen LogP contribution is -2.28. The van der Waals surface area contributed by atoms with E-state index in [0.29, 0.717) is 5.41 Å². The molecule has 1 aliphatic carbocycles. The second-order valence-corrected chi connectivity index (χ2v) is 5.32. The Labute approximate surface area is 100 Å². The Morgan fingerprint density at radius 3 is 2.33 bits per heavy atom. The van der Waals surface area contributed by atoms with Crippen LogP contribution in [0, 0.1) is 11.3 Å². The van der Waals surface area contributed by atoms with Crippen molar-refractivity contribution in [1.82, 2.24) is 0 Å². The van der Waals surface area contributed by atoms with Crippen molar-refractivity contribution in [2.45, 2.75) is 52.4 Å². The molecule has 0 spiro atoms. The summed E-state index contributed by atoms with van der Waals surface area (Å²) in [6, 6.07) is 0. The molecule has 0 radical (unpaired) electrons. The van der Waals surface area contributed by atoms with Gasteiger partial charge in [0, 0.05) is 12.0 Å². The molecule has 0 bridgehead atoms. The maximum absolute atomic E-state index is 5.83. The van der Waals surface area contributed by atoms with Crippen LogP contribution in [0.15, 0.2) is 0 Å². The van der Waals surface area contributed by atoms with Gasteiger partial charge < -0.3 is 4.74 Å². The molecule has 0 amide bonds. The molecule has 0 aromatic rings. The van der Waals surface area contributed by atoms with Gasteiger partial charge in [0.2, 0.25) is 0 Å². The molecule has 0 atom stereocenters. The average Bonchev–Trinajstić information content (AvgIpc) is 2.22. The summed E-state index contributed by atoms with van der Waals surface area (Å²) in [6.45, 7) is 6.35. The SMILES string of the molecule is CCC(CC)(CS)COCCC1CCC1. The fourth-order valence-electron chi connectivity index (χ4n) is 2.04. The molecule has 0 unspecified atom stereocenters. The zero-order valence-electron chi connectivity index (χ0n) is 10.3. The van der Waals surface area contributed by atoms with Gasteiger partial charge in [0.1, 0.15) is 0 Å². The molecule has 15 heavy (non-hydrogen) atoms. The maximum atomic E-state index is 5.83. The molecule has 90 valence electrons. The van der Waals surface area contributed by atoms with Crippen molar-refractivity contribution < 1.29 is 4.74 Å². The highest BCUT2D eigenvalue weighted by atomic mass is 32.1. The molecular weight excluding hydrogens is 204 g/mol. The Hall–Kier alpha value is 0.310. The van der Waals surface area contributed by atoms with Crippen LogP contribution in [-0.4, -0.2) is 19.0 Å². The highest BCUT2D eigenvalue weighted by Gasteiger charge is 2.25. The summed E-state index contributed by atoms with van der Waals surface area (Å²) in [6.07, 6.45) is 7.93. The van der Waals surface area contributed by atoms with Crippen molar-refractivity contribution >= 4 is 12.6 Å². The van der Waals surface area contributed by atoms with Crippen molar-refractivity contribution in [3.05, 3.63) is 0 Å². The van der Waals surface area contributed by atoms with E-state index in [1.165, 1.54) is 38.5 Å². The zero-order valence-corrected chi connectivity index (χ0v) is 11.2. The van der Waals surface area contributed by atoms with Crippen molar-refractivity contribution in [2.24, 2.45) is 11.3 Å². The van der Waals surface area contributed by atoms with E-state index >= 15 is 0 Å². The average molecular weight is 230 g/mol. The monoisotopic (exact) mass is 230 g/mol. The minimum absolute atomic E-state index is 0.322. The minimum Gasteiger partial charge on any atom is -0.381 e. The van der Waals surface area contributed by atoms with E-state index in [9.17, 15) is 0 Å². The van der Waals surface area contributed by atoms with Crippen LogP contribution >= 0.6 is 12.6 Å². The molecule has 1 fully saturated rings. The minimum atomic E-state index is 0.322. The summed E-state index contributed by atoms with van der Waals surface area (Å²) in [5, 5.41) is 0. The number of ether oxygens (including phenoxy) is 1. The Bertz CT molecular complexity index is 154. The Balaban J connectivity index is 2.09. The lowest BCUT2D eigenvalue weighted by atomic mass is 9.83. The van der Waals surface area contributed by atoms with Gasteiger partial charge in [-0.05, 0) is 30.9 Å². The molecule has 1 saturated carbocycles. The standard InChI is InChI=1S/C13H26OS/c1-3-13(4-2,11-15)10-14-9-8-12-6-5-7-12/h12,15H,3-11H2,1-2H3. The van der Waals surface area contributed by atoms with Crippen LogP contribution in [0.3, 0.4) is 0 Å². The van der Waals surface area contributed by atoms with Crippen LogP contribution in [-0.2, 0) is 4.74 Å². The van der Waals surface area contributed by atoms with Crippen LogP contribution in [0.5, 0.6) is 0 Å². The van der Waals surface area contributed by atoms with E-state index in [2.05, 4.69) is 26.5 Å². The topological polar surface area (TPSA) is 9.23 Å². The van der Waals surface area contributed by atoms with Crippen molar-refractivity contribution in [2.75, 3.05) is 19.0 Å². The molecule has 1 aliphatic rings. The highest BCUT2D eigenvalue weighted by Crippen LogP contribution is 2.31. The van der Waals surface area contributed by atoms with Gasteiger partial charge in [0.05, 0.1) is 6.61 Å². The van der Waals surface area contributed by atoms with Gasteiger partial charge in [-0.25, -0.2) is 0 Å². The van der Waals surface area contributed by atoms with E-state index in [1.807, 2.05) is 0 Å². The summed E-state index contributed by atoms with van der Waals surface area (Å²) in [5.41, 5.74) is 0.322. The molecule has 1 nitrogen and oxygen atoms in total. The summed E-state index contributed by atoms with van der Waals surface area (Å²) < 4.78 is 5.83. The van der Waals surface area contributed by atoms with Gasteiger partial charge in [-0.1, -0.05) is 33.1 Å². The van der Waals surface area contributed by atoms with Crippen molar-refractivity contribution in [3.8, 4) is 0 Å². The van der Waals surface area contributed by atoms with Crippen LogP contribution < -0.4 is 0 Å². The quantitative estimate of drug-likeness (QED) is 0.491. The van der Waals surface area contributed by atoms with E-state index in [0.717, 1.165) is 24.9 Å². The number of hydrogen-bond donors (Lipinski definition) is 1. The first-order valence-corrected chi connectivity index (χ1v) is 7.08. The lowest BCUT2D eigenvalue weighted by Gasteiger charge is -2.30. The van der Waals surface area contributed by atoms with E-state index in [1.54, 1.807) is 0 Å². The van der Waals surface area contributed by atoms with E-state index < -0.39 is 0 Å². The Kier molecular flexibility index (Phi) is 6.06. The molecule has 1 rings (SSSR count). The lowest BCUT2D eigenvalue weighted by molar-refractivity contribution is 0.0385. The molecule has 0 heterocycles. The fraction of sp³-hybridized carbons (Fsp3) is 1.00. The van der Waals surface area contributed by atoms with Gasteiger partial charge >= 0.3 is 0 Å². The second-order valence-electron chi connectivity index (χ2n) is 5.00. The Morgan fingerprint density at radius 2 is 1.93 bits per heavy atom. The summed E-state index contributed by atoms with van der Waals surface area (Å²) in [7, 11) is 0. The summed E-state index contributed by atoms with van der Waals surface area (Å²) in [5.74, 6) is 1.92. The molecule has 0 aromatic carbocycles. The van der Waals surface area contributed by atoms with Crippen LogP contribution in [0.4, 0.5) is 0 Å². The normalized spacial score (nSPS) is 17.8. The molecule has 0 N–H and O–H groups in total. The number of hydrogen-bond acceptors (Lipinski definition) is 2. The molecule has 2 heteroatoms. The third kappa shape index (κ3) is 3.99. The molecule has 0 saturated heterocycles. The molecule has 0 aromatic heterocycles. The van der Waals surface area contributed by atoms with Crippen LogP contribution in [0.25, 0.3) is 0 Å². The van der Waals surface area contributed by atoms with Gasteiger partial charge in [0.25, 0.3) is 0 Å². The number of thiol groups is 1. The third-order valence-electron chi connectivity index (χ3n) is 4.14. The number of rotatable bonds is 8. The summed E-state index contributed by atoms with van der Waals surface area (Å²) in [4.78, 5) is 0. The third-order valence-corrected chi connectivity index (χ3v) is 4.81.